The molecule has 2 rings (SSSR count). The first-order valence-electron chi connectivity index (χ1n) is 6.24. The second-order valence-corrected chi connectivity index (χ2v) is 5.29. The lowest BCUT2D eigenvalue weighted by Crippen LogP contribution is -2.30. The zero-order valence-electron chi connectivity index (χ0n) is 11.3. The van der Waals surface area contributed by atoms with E-state index in [1.165, 1.54) is 0 Å². The molecule has 0 heterocycles. The molecule has 2 aromatic rings. The van der Waals surface area contributed by atoms with Crippen LogP contribution in [0.1, 0.15) is 6.92 Å². The Kier molecular flexibility index (Phi) is 4.94. The van der Waals surface area contributed by atoms with Crippen molar-refractivity contribution in [3.63, 3.8) is 0 Å². The predicted molar refractivity (Wildman–Crippen MR) is 86.0 cm³/mol. The summed E-state index contributed by atoms with van der Waals surface area (Å²) in [6.07, 6.45) is -0.691. The van der Waals surface area contributed by atoms with Crippen LogP contribution in [0.15, 0.2) is 42.5 Å². The molecule has 0 radical (unpaired) electrons. The number of carbonyl (C=O) groups is 1. The van der Waals surface area contributed by atoms with Gasteiger partial charge in [-0.2, -0.15) is 0 Å². The van der Waals surface area contributed by atoms with Crippen molar-refractivity contribution in [1.29, 1.82) is 0 Å². The van der Waals surface area contributed by atoms with Crippen molar-refractivity contribution < 1.29 is 9.53 Å². The van der Waals surface area contributed by atoms with Gasteiger partial charge < -0.3 is 15.8 Å². The molecule has 0 saturated carbocycles. The van der Waals surface area contributed by atoms with Gasteiger partial charge in [0.1, 0.15) is 5.75 Å². The van der Waals surface area contributed by atoms with E-state index in [0.29, 0.717) is 27.2 Å². The van der Waals surface area contributed by atoms with Crippen LogP contribution < -0.4 is 15.8 Å². The van der Waals surface area contributed by atoms with Gasteiger partial charge in [0.25, 0.3) is 5.91 Å². The Morgan fingerprint density at radius 2 is 1.86 bits per heavy atom. The number of nitrogen functional groups attached to an aromatic ring is 1. The van der Waals surface area contributed by atoms with Crippen LogP contribution in [-0.2, 0) is 4.79 Å². The van der Waals surface area contributed by atoms with Gasteiger partial charge >= 0.3 is 0 Å². The Morgan fingerprint density at radius 3 is 2.52 bits per heavy atom. The molecule has 1 amide bonds. The molecule has 0 spiro atoms. The Morgan fingerprint density at radius 1 is 1.19 bits per heavy atom. The van der Waals surface area contributed by atoms with E-state index in [1.807, 2.05) is 0 Å². The molecule has 3 N–H and O–H groups in total. The number of hydrogen-bond donors (Lipinski definition) is 2. The summed E-state index contributed by atoms with van der Waals surface area (Å²) in [4.78, 5) is 12.1. The lowest BCUT2D eigenvalue weighted by molar-refractivity contribution is -0.122. The van der Waals surface area contributed by atoms with Crippen LogP contribution in [0.3, 0.4) is 0 Å². The monoisotopic (exact) mass is 324 g/mol. The highest BCUT2D eigenvalue weighted by Gasteiger charge is 2.16. The van der Waals surface area contributed by atoms with Gasteiger partial charge in [0.2, 0.25) is 0 Å². The van der Waals surface area contributed by atoms with Crippen molar-refractivity contribution in [1.82, 2.24) is 0 Å². The third-order valence-electron chi connectivity index (χ3n) is 2.75. The molecule has 0 bridgehead atoms. The molecule has 0 aromatic heterocycles. The maximum absolute atomic E-state index is 12.1. The Hall–Kier alpha value is -1.91. The standard InChI is InChI=1S/C15H14Cl2N2O2/c1-9(21-12-5-3-11(18)4-6-12)15(20)19-14-8-10(16)2-7-13(14)17/h2-9H,18H2,1H3,(H,19,20). The van der Waals surface area contributed by atoms with Gasteiger partial charge in [-0.25, -0.2) is 0 Å². The summed E-state index contributed by atoms with van der Waals surface area (Å²) >= 11 is 11.9. The van der Waals surface area contributed by atoms with E-state index < -0.39 is 6.10 Å². The molecule has 0 saturated heterocycles. The van der Waals surface area contributed by atoms with Crippen LogP contribution in [-0.4, -0.2) is 12.0 Å². The first kappa shape index (κ1) is 15.5. The molecule has 0 fully saturated rings. The fourth-order valence-electron chi connectivity index (χ4n) is 1.63. The number of carbonyl (C=O) groups excluding carboxylic acids is 1. The van der Waals surface area contributed by atoms with Crippen molar-refractivity contribution in [2.45, 2.75) is 13.0 Å². The highest BCUT2D eigenvalue weighted by Crippen LogP contribution is 2.25. The van der Waals surface area contributed by atoms with Gasteiger partial charge in [0, 0.05) is 10.7 Å². The van der Waals surface area contributed by atoms with Crippen LogP contribution >= 0.6 is 23.2 Å². The number of rotatable bonds is 4. The van der Waals surface area contributed by atoms with Crippen molar-refractivity contribution in [3.05, 3.63) is 52.5 Å². The summed E-state index contributed by atoms with van der Waals surface area (Å²) in [5, 5.41) is 3.57. The summed E-state index contributed by atoms with van der Waals surface area (Å²) in [6.45, 7) is 1.64. The van der Waals surface area contributed by atoms with E-state index >= 15 is 0 Å². The molecule has 0 aliphatic heterocycles. The van der Waals surface area contributed by atoms with Crippen LogP contribution in [0.2, 0.25) is 10.0 Å². The lowest BCUT2D eigenvalue weighted by Gasteiger charge is -2.15. The quantitative estimate of drug-likeness (QED) is 0.836. The number of halogens is 2. The first-order chi connectivity index (χ1) is 9.95. The van der Waals surface area contributed by atoms with Crippen LogP contribution in [0.5, 0.6) is 5.75 Å². The molecule has 6 heteroatoms. The third kappa shape index (κ3) is 4.28. The van der Waals surface area contributed by atoms with Gasteiger partial charge in [0.05, 0.1) is 10.7 Å². The Bertz CT molecular complexity index is 645. The SMILES string of the molecule is CC(Oc1ccc(N)cc1)C(=O)Nc1cc(Cl)ccc1Cl. The minimum absolute atomic E-state index is 0.323. The summed E-state index contributed by atoms with van der Waals surface area (Å²) in [5.41, 5.74) is 6.66. The molecule has 2 aromatic carbocycles. The smallest absolute Gasteiger partial charge is 0.265 e. The summed E-state index contributed by atoms with van der Waals surface area (Å²) in [6, 6.07) is 11.6. The van der Waals surface area contributed by atoms with E-state index in [1.54, 1.807) is 49.4 Å². The molecule has 0 aliphatic rings. The number of hydrogen-bond acceptors (Lipinski definition) is 3. The third-order valence-corrected chi connectivity index (χ3v) is 3.31. The second kappa shape index (κ2) is 6.70. The average Bonchev–Trinajstić information content (AvgIpc) is 2.45. The van der Waals surface area contributed by atoms with Crippen LogP contribution in [0.25, 0.3) is 0 Å². The van der Waals surface area contributed by atoms with Crippen molar-refractivity contribution in [3.8, 4) is 5.75 Å². The van der Waals surface area contributed by atoms with E-state index in [9.17, 15) is 4.79 Å². The molecule has 4 nitrogen and oxygen atoms in total. The predicted octanol–water partition coefficient (Wildman–Crippen LogP) is 3.98. The molecule has 21 heavy (non-hydrogen) atoms. The highest BCUT2D eigenvalue weighted by atomic mass is 35.5. The summed E-state index contributed by atoms with van der Waals surface area (Å²) in [5.74, 6) is 0.236. The lowest BCUT2D eigenvalue weighted by atomic mass is 10.3. The van der Waals surface area contributed by atoms with E-state index in [0.717, 1.165) is 0 Å². The first-order valence-corrected chi connectivity index (χ1v) is 6.99. The van der Waals surface area contributed by atoms with E-state index in [4.69, 9.17) is 33.7 Å². The maximum atomic E-state index is 12.1. The molecule has 110 valence electrons. The van der Waals surface area contributed by atoms with Crippen LogP contribution in [0.4, 0.5) is 11.4 Å². The molecular formula is C15H14Cl2N2O2. The average molecular weight is 325 g/mol. The van der Waals surface area contributed by atoms with Crippen molar-refractivity contribution >= 4 is 40.5 Å². The fraction of sp³-hybridized carbons (Fsp3) is 0.133. The highest BCUT2D eigenvalue weighted by molar-refractivity contribution is 6.35. The van der Waals surface area contributed by atoms with Gasteiger partial charge in [-0.1, -0.05) is 23.2 Å². The van der Waals surface area contributed by atoms with Crippen molar-refractivity contribution in [2.75, 3.05) is 11.1 Å². The number of anilines is 2. The molecule has 0 aliphatic carbocycles. The number of benzene rings is 2. The maximum Gasteiger partial charge on any atom is 0.265 e. The topological polar surface area (TPSA) is 64.3 Å². The second-order valence-electron chi connectivity index (χ2n) is 4.44. The minimum Gasteiger partial charge on any atom is -0.481 e. The molecule has 1 unspecified atom stereocenters. The summed E-state index contributed by atoms with van der Waals surface area (Å²) < 4.78 is 5.53. The van der Waals surface area contributed by atoms with Gasteiger partial charge in [0.15, 0.2) is 6.10 Å². The Labute approximate surface area is 132 Å². The zero-order chi connectivity index (χ0) is 15.4. The number of ether oxygens (including phenoxy) is 1. The number of amides is 1. The van der Waals surface area contributed by atoms with Crippen molar-refractivity contribution in [2.24, 2.45) is 0 Å². The molecular weight excluding hydrogens is 311 g/mol. The zero-order valence-corrected chi connectivity index (χ0v) is 12.8. The Balaban J connectivity index is 2.02. The minimum atomic E-state index is -0.691. The van der Waals surface area contributed by atoms with Gasteiger partial charge in [-0.15, -0.1) is 0 Å². The molecule has 1 atom stereocenters. The normalized spacial score (nSPS) is 11.8. The number of nitrogens with two attached hydrogens (primary N) is 1. The summed E-state index contributed by atoms with van der Waals surface area (Å²) in [7, 11) is 0. The van der Waals surface area contributed by atoms with E-state index in [-0.39, 0.29) is 5.91 Å². The van der Waals surface area contributed by atoms with Crippen LogP contribution in [0, 0.1) is 0 Å². The fourth-order valence-corrected chi connectivity index (χ4v) is 1.97. The largest absolute Gasteiger partial charge is 0.481 e. The number of nitrogens with one attached hydrogen (secondary N) is 1. The van der Waals surface area contributed by atoms with Gasteiger partial charge in [-0.3, -0.25) is 4.79 Å². The van der Waals surface area contributed by atoms with E-state index in [2.05, 4.69) is 5.32 Å². The van der Waals surface area contributed by atoms with Gasteiger partial charge in [-0.05, 0) is 49.4 Å².